The van der Waals surface area contributed by atoms with E-state index in [4.69, 9.17) is 4.52 Å². The fourth-order valence-electron chi connectivity index (χ4n) is 3.37. The number of hydrogen-bond donors (Lipinski definition) is 0. The highest BCUT2D eigenvalue weighted by atomic mass is 16.5. The fraction of sp³-hybridized carbons (Fsp3) is 0.471. The topological polar surface area (TPSA) is 62.7 Å². The third-order valence-corrected chi connectivity index (χ3v) is 4.91. The van der Waals surface area contributed by atoms with E-state index in [-0.39, 0.29) is 0 Å². The molecule has 124 valence electrons. The number of rotatable bonds is 4. The van der Waals surface area contributed by atoms with Crippen LogP contribution in [-0.4, -0.2) is 50.6 Å². The molecule has 24 heavy (non-hydrogen) atoms. The summed E-state index contributed by atoms with van der Waals surface area (Å²) in [5.74, 6) is 2.67. The molecule has 0 amide bonds. The quantitative estimate of drug-likeness (QED) is 0.730. The van der Waals surface area contributed by atoms with Gasteiger partial charge in [0, 0.05) is 69.5 Å². The number of nitrogens with zero attached hydrogens (tertiary/aromatic N) is 6. The summed E-state index contributed by atoms with van der Waals surface area (Å²) >= 11 is 0. The maximum absolute atomic E-state index is 5.45. The Bertz CT molecular complexity index is 844. The van der Waals surface area contributed by atoms with Crippen LogP contribution in [0.4, 0.5) is 5.82 Å². The van der Waals surface area contributed by atoms with Gasteiger partial charge in [-0.1, -0.05) is 5.16 Å². The number of fused-ring (bicyclic) bond motifs is 1. The molecule has 0 aromatic carbocycles. The minimum atomic E-state index is 0.629. The minimum Gasteiger partial charge on any atom is -0.361 e. The average Bonchev–Trinajstić information content (AvgIpc) is 3.17. The largest absolute Gasteiger partial charge is 0.361 e. The Morgan fingerprint density at radius 1 is 1.04 bits per heavy atom. The second-order valence-corrected chi connectivity index (χ2v) is 6.67. The summed E-state index contributed by atoms with van der Waals surface area (Å²) in [4.78, 5) is 13.7. The third-order valence-electron chi connectivity index (χ3n) is 4.91. The lowest BCUT2D eigenvalue weighted by atomic mass is 10.2. The second-order valence-electron chi connectivity index (χ2n) is 6.67. The Balaban J connectivity index is 1.24. The van der Waals surface area contributed by atoms with Crippen LogP contribution in [0.5, 0.6) is 0 Å². The van der Waals surface area contributed by atoms with Crippen LogP contribution in [0.25, 0.3) is 5.65 Å². The Kier molecular flexibility index (Phi) is 3.26. The van der Waals surface area contributed by atoms with Crippen LogP contribution in [0.3, 0.4) is 0 Å². The Labute approximate surface area is 139 Å². The molecule has 0 radical (unpaired) electrons. The zero-order valence-electron chi connectivity index (χ0n) is 13.5. The lowest BCUT2D eigenvalue weighted by Crippen LogP contribution is -2.46. The van der Waals surface area contributed by atoms with Crippen molar-refractivity contribution in [3.05, 3.63) is 42.3 Å². The van der Waals surface area contributed by atoms with E-state index in [1.807, 2.05) is 29.2 Å². The van der Waals surface area contributed by atoms with Crippen molar-refractivity contribution in [1.29, 1.82) is 0 Å². The zero-order valence-corrected chi connectivity index (χ0v) is 13.5. The van der Waals surface area contributed by atoms with Crippen molar-refractivity contribution in [2.24, 2.45) is 0 Å². The van der Waals surface area contributed by atoms with Gasteiger partial charge in [0.2, 0.25) is 0 Å². The first-order chi connectivity index (χ1) is 11.9. The highest BCUT2D eigenvalue weighted by molar-refractivity contribution is 5.64. The molecule has 7 nitrogen and oxygen atoms in total. The summed E-state index contributed by atoms with van der Waals surface area (Å²) in [5, 5.41) is 4.23. The molecule has 5 rings (SSSR count). The van der Waals surface area contributed by atoms with Gasteiger partial charge in [-0.2, -0.15) is 0 Å². The van der Waals surface area contributed by atoms with Gasteiger partial charge in [0.15, 0.2) is 11.5 Å². The maximum Gasteiger partial charge on any atom is 0.180 e. The SMILES string of the molecule is c1cn2ccnc2c(N2CCN(Cc3cc(C4CC4)on3)CC2)n1. The Morgan fingerprint density at radius 3 is 2.62 bits per heavy atom. The summed E-state index contributed by atoms with van der Waals surface area (Å²) in [5.41, 5.74) is 1.98. The van der Waals surface area contributed by atoms with Crippen molar-refractivity contribution in [2.45, 2.75) is 25.3 Å². The molecule has 0 unspecified atom stereocenters. The van der Waals surface area contributed by atoms with Crippen LogP contribution in [0, 0.1) is 0 Å². The number of anilines is 1. The molecule has 1 aliphatic carbocycles. The maximum atomic E-state index is 5.45. The van der Waals surface area contributed by atoms with Crippen LogP contribution in [-0.2, 0) is 6.54 Å². The molecular weight excluding hydrogens is 304 g/mol. The standard InChI is InChI=1S/C17H20N6O/c1-2-13(1)15-11-14(20-24-15)12-21-7-9-23(10-8-21)17-16-18-3-5-22(16)6-4-19-17/h3-6,11,13H,1-2,7-10,12H2. The van der Waals surface area contributed by atoms with E-state index >= 15 is 0 Å². The molecule has 0 spiro atoms. The molecule has 1 saturated carbocycles. The van der Waals surface area contributed by atoms with Crippen LogP contribution >= 0.6 is 0 Å². The zero-order chi connectivity index (χ0) is 15.9. The van der Waals surface area contributed by atoms with E-state index in [9.17, 15) is 0 Å². The van der Waals surface area contributed by atoms with Gasteiger partial charge in [0.05, 0.1) is 5.69 Å². The molecule has 0 N–H and O–H groups in total. The van der Waals surface area contributed by atoms with Gasteiger partial charge in [-0.15, -0.1) is 0 Å². The smallest absolute Gasteiger partial charge is 0.180 e. The van der Waals surface area contributed by atoms with Gasteiger partial charge in [-0.25, -0.2) is 9.97 Å². The molecule has 7 heteroatoms. The van der Waals surface area contributed by atoms with Crippen molar-refractivity contribution in [1.82, 2.24) is 24.4 Å². The van der Waals surface area contributed by atoms with Crippen molar-refractivity contribution >= 4 is 11.5 Å². The van der Waals surface area contributed by atoms with Crippen LogP contribution < -0.4 is 4.90 Å². The lowest BCUT2D eigenvalue weighted by Gasteiger charge is -2.34. The molecule has 0 atom stereocenters. The molecule has 3 aromatic heterocycles. The second kappa shape index (κ2) is 5.59. The fourth-order valence-corrected chi connectivity index (χ4v) is 3.37. The van der Waals surface area contributed by atoms with Gasteiger partial charge in [-0.05, 0) is 12.8 Å². The van der Waals surface area contributed by atoms with Gasteiger partial charge in [-0.3, -0.25) is 4.90 Å². The summed E-state index contributed by atoms with van der Waals surface area (Å²) in [7, 11) is 0. The highest BCUT2D eigenvalue weighted by Gasteiger charge is 2.28. The molecule has 4 heterocycles. The number of piperazine rings is 1. The molecule has 0 bridgehead atoms. The molecule has 1 aliphatic heterocycles. The van der Waals surface area contributed by atoms with Crippen molar-refractivity contribution in [3.8, 4) is 0 Å². The highest BCUT2D eigenvalue weighted by Crippen LogP contribution is 2.40. The van der Waals surface area contributed by atoms with E-state index in [0.717, 1.165) is 55.6 Å². The average molecular weight is 324 g/mol. The van der Waals surface area contributed by atoms with E-state index in [0.29, 0.717) is 5.92 Å². The minimum absolute atomic E-state index is 0.629. The van der Waals surface area contributed by atoms with Gasteiger partial charge < -0.3 is 13.8 Å². The lowest BCUT2D eigenvalue weighted by molar-refractivity contribution is 0.241. The van der Waals surface area contributed by atoms with Gasteiger partial charge >= 0.3 is 0 Å². The molecule has 3 aromatic rings. The first kappa shape index (κ1) is 14.0. The first-order valence-corrected chi connectivity index (χ1v) is 8.57. The third kappa shape index (κ3) is 2.54. The monoisotopic (exact) mass is 324 g/mol. The van der Waals surface area contributed by atoms with Crippen molar-refractivity contribution in [3.63, 3.8) is 0 Å². The first-order valence-electron chi connectivity index (χ1n) is 8.57. The predicted octanol–water partition coefficient (Wildman–Crippen LogP) is 1.92. The van der Waals surface area contributed by atoms with E-state index in [1.165, 1.54) is 12.8 Å². The van der Waals surface area contributed by atoms with E-state index in [2.05, 4.69) is 31.0 Å². The van der Waals surface area contributed by atoms with Crippen molar-refractivity contribution in [2.75, 3.05) is 31.1 Å². The van der Waals surface area contributed by atoms with Gasteiger partial charge in [0.25, 0.3) is 0 Å². The number of aromatic nitrogens is 4. The van der Waals surface area contributed by atoms with Gasteiger partial charge in [0.1, 0.15) is 5.76 Å². The summed E-state index contributed by atoms with van der Waals surface area (Å²) in [6.45, 7) is 4.76. The van der Waals surface area contributed by atoms with E-state index in [1.54, 1.807) is 0 Å². The summed E-state index contributed by atoms with van der Waals surface area (Å²) in [6, 6.07) is 2.14. The molecule has 2 fully saturated rings. The Morgan fingerprint density at radius 2 is 1.83 bits per heavy atom. The number of hydrogen-bond acceptors (Lipinski definition) is 6. The predicted molar refractivity (Wildman–Crippen MR) is 89.0 cm³/mol. The van der Waals surface area contributed by atoms with Crippen molar-refractivity contribution < 1.29 is 4.52 Å². The van der Waals surface area contributed by atoms with E-state index < -0.39 is 0 Å². The van der Waals surface area contributed by atoms with Crippen LogP contribution in [0.2, 0.25) is 0 Å². The molecule has 1 saturated heterocycles. The normalized spacial score (nSPS) is 19.2. The Hall–Kier alpha value is -2.41. The van der Waals surface area contributed by atoms with Crippen LogP contribution in [0.1, 0.15) is 30.2 Å². The van der Waals surface area contributed by atoms with Crippen LogP contribution in [0.15, 0.2) is 35.4 Å². The molecule has 2 aliphatic rings. The number of imidazole rings is 1. The molecular formula is C17H20N6O. The summed E-state index contributed by atoms with van der Waals surface area (Å²) < 4.78 is 7.47. The summed E-state index contributed by atoms with van der Waals surface area (Å²) in [6.07, 6.45) is 10.0.